The molecule has 5 nitrogen and oxygen atoms in total. The van der Waals surface area contributed by atoms with E-state index in [9.17, 15) is 4.79 Å². The van der Waals surface area contributed by atoms with Crippen molar-refractivity contribution in [2.24, 2.45) is 5.92 Å². The zero-order valence-electron chi connectivity index (χ0n) is 15.8. The highest BCUT2D eigenvalue weighted by molar-refractivity contribution is 5.95. The number of hydrogen-bond acceptors (Lipinski definition) is 4. The summed E-state index contributed by atoms with van der Waals surface area (Å²) in [7, 11) is 3.97. The van der Waals surface area contributed by atoms with Crippen molar-refractivity contribution < 1.29 is 9.53 Å². The van der Waals surface area contributed by atoms with E-state index < -0.39 is 0 Å². The minimum Gasteiger partial charge on any atom is -0.493 e. The Morgan fingerprint density at radius 2 is 2.00 bits per heavy atom. The number of carbonyl (C=O) groups excluding carboxylic acids is 1. The van der Waals surface area contributed by atoms with Crippen LogP contribution in [-0.2, 0) is 0 Å². The van der Waals surface area contributed by atoms with Crippen molar-refractivity contribution in [1.82, 2.24) is 9.88 Å². The molecule has 2 aromatic rings. The number of likely N-dealkylation sites (tertiary alicyclic amines) is 1. The van der Waals surface area contributed by atoms with Gasteiger partial charge in [0.25, 0.3) is 5.91 Å². The van der Waals surface area contributed by atoms with E-state index in [2.05, 4.69) is 4.98 Å². The number of ether oxygens (including phenoxy) is 1. The first-order chi connectivity index (χ1) is 12.5. The predicted octanol–water partition coefficient (Wildman–Crippen LogP) is 3.39. The zero-order valence-corrected chi connectivity index (χ0v) is 15.8. The lowest BCUT2D eigenvalue weighted by molar-refractivity contribution is 0.0661. The largest absolute Gasteiger partial charge is 0.493 e. The lowest BCUT2D eigenvalue weighted by atomic mass is 9.97. The normalized spacial score (nSPS) is 15.0. The summed E-state index contributed by atoms with van der Waals surface area (Å²) in [6.45, 7) is 4.23. The molecular weight excluding hydrogens is 326 g/mol. The first-order valence-electron chi connectivity index (χ1n) is 9.15. The molecule has 0 aliphatic carbocycles. The molecule has 0 saturated carbocycles. The summed E-state index contributed by atoms with van der Waals surface area (Å²) in [6.07, 6.45) is 3.72. The number of piperidine rings is 1. The first kappa shape index (κ1) is 18.2. The van der Waals surface area contributed by atoms with Crippen molar-refractivity contribution in [2.45, 2.75) is 19.8 Å². The van der Waals surface area contributed by atoms with Gasteiger partial charge in [0.05, 0.1) is 6.61 Å². The van der Waals surface area contributed by atoms with Gasteiger partial charge in [-0.3, -0.25) is 9.78 Å². The fraction of sp³-hybridized carbons (Fsp3) is 0.429. The van der Waals surface area contributed by atoms with Crippen molar-refractivity contribution in [3.8, 4) is 5.75 Å². The second kappa shape index (κ2) is 8.21. The van der Waals surface area contributed by atoms with Gasteiger partial charge in [0.15, 0.2) is 0 Å². The Bertz CT molecular complexity index is 752. The highest BCUT2D eigenvalue weighted by atomic mass is 16.5. The summed E-state index contributed by atoms with van der Waals surface area (Å²) in [4.78, 5) is 20.9. The molecule has 0 atom stereocenters. The van der Waals surface area contributed by atoms with Gasteiger partial charge in [0.1, 0.15) is 5.75 Å². The van der Waals surface area contributed by atoms with E-state index in [-0.39, 0.29) is 5.91 Å². The third-order valence-corrected chi connectivity index (χ3v) is 4.87. The van der Waals surface area contributed by atoms with E-state index in [4.69, 9.17) is 4.74 Å². The van der Waals surface area contributed by atoms with Crippen LogP contribution in [0.25, 0.3) is 0 Å². The van der Waals surface area contributed by atoms with Crippen molar-refractivity contribution >= 4 is 11.6 Å². The van der Waals surface area contributed by atoms with Crippen LogP contribution in [0.2, 0.25) is 0 Å². The summed E-state index contributed by atoms with van der Waals surface area (Å²) in [5.41, 5.74) is 2.77. The summed E-state index contributed by atoms with van der Waals surface area (Å²) in [6, 6.07) is 11.7. The molecule has 138 valence electrons. The van der Waals surface area contributed by atoms with Crippen LogP contribution < -0.4 is 9.64 Å². The van der Waals surface area contributed by atoms with Gasteiger partial charge >= 0.3 is 0 Å². The van der Waals surface area contributed by atoms with E-state index in [0.29, 0.717) is 12.5 Å². The van der Waals surface area contributed by atoms with Crippen molar-refractivity contribution in [1.29, 1.82) is 0 Å². The van der Waals surface area contributed by atoms with Gasteiger partial charge in [-0.2, -0.15) is 0 Å². The number of aryl methyl sites for hydroxylation is 1. The monoisotopic (exact) mass is 353 g/mol. The number of carbonyl (C=O) groups is 1. The Labute approximate surface area is 155 Å². The van der Waals surface area contributed by atoms with Crippen LogP contribution in [-0.4, -0.2) is 49.6 Å². The molecule has 0 radical (unpaired) electrons. The SMILES string of the molecule is Cc1cc(OCC2CCN(C(=O)c3cccc(N(C)C)c3)CC2)ccn1. The summed E-state index contributed by atoms with van der Waals surface area (Å²) in [5, 5.41) is 0. The quantitative estimate of drug-likeness (QED) is 0.827. The molecule has 3 rings (SSSR count). The number of rotatable bonds is 5. The van der Waals surface area contributed by atoms with Crippen LogP contribution in [0.4, 0.5) is 5.69 Å². The van der Waals surface area contributed by atoms with E-state index in [1.54, 1.807) is 6.20 Å². The van der Waals surface area contributed by atoms with Gasteiger partial charge in [-0.15, -0.1) is 0 Å². The zero-order chi connectivity index (χ0) is 18.5. The molecule has 1 saturated heterocycles. The Morgan fingerprint density at radius 3 is 2.69 bits per heavy atom. The second-order valence-electron chi connectivity index (χ2n) is 7.12. The molecule has 1 amide bonds. The first-order valence-corrected chi connectivity index (χ1v) is 9.15. The van der Waals surface area contributed by atoms with Gasteiger partial charge < -0.3 is 14.5 Å². The molecular formula is C21H27N3O2. The average molecular weight is 353 g/mol. The number of anilines is 1. The number of hydrogen-bond donors (Lipinski definition) is 0. The third-order valence-electron chi connectivity index (χ3n) is 4.87. The molecule has 26 heavy (non-hydrogen) atoms. The highest BCUT2D eigenvalue weighted by Gasteiger charge is 2.24. The van der Waals surface area contributed by atoms with E-state index in [1.165, 1.54) is 0 Å². The maximum Gasteiger partial charge on any atom is 0.253 e. The number of amides is 1. The Balaban J connectivity index is 1.51. The van der Waals surface area contributed by atoms with Crippen molar-refractivity contribution in [3.05, 3.63) is 53.9 Å². The molecule has 0 bridgehead atoms. The lowest BCUT2D eigenvalue weighted by Gasteiger charge is -2.32. The predicted molar refractivity (Wildman–Crippen MR) is 104 cm³/mol. The summed E-state index contributed by atoms with van der Waals surface area (Å²) < 4.78 is 5.90. The third kappa shape index (κ3) is 4.54. The van der Waals surface area contributed by atoms with Crippen LogP contribution >= 0.6 is 0 Å². The van der Waals surface area contributed by atoms with Crippen LogP contribution in [0, 0.1) is 12.8 Å². The van der Waals surface area contributed by atoms with Crippen LogP contribution in [0.15, 0.2) is 42.6 Å². The molecule has 1 aromatic carbocycles. The molecule has 2 heterocycles. The van der Waals surface area contributed by atoms with Crippen LogP contribution in [0.3, 0.4) is 0 Å². The van der Waals surface area contributed by atoms with Gasteiger partial charge in [0, 0.05) is 56.4 Å². The molecule has 1 aromatic heterocycles. The molecule has 5 heteroatoms. The minimum atomic E-state index is 0.123. The maximum absolute atomic E-state index is 12.8. The molecule has 1 aliphatic heterocycles. The van der Waals surface area contributed by atoms with Gasteiger partial charge in [0.2, 0.25) is 0 Å². The number of nitrogens with zero attached hydrogens (tertiary/aromatic N) is 3. The fourth-order valence-corrected chi connectivity index (χ4v) is 3.23. The molecule has 0 N–H and O–H groups in total. The topological polar surface area (TPSA) is 45.7 Å². The van der Waals surface area contributed by atoms with Crippen molar-refractivity contribution in [2.75, 3.05) is 38.7 Å². The van der Waals surface area contributed by atoms with Crippen LogP contribution in [0.5, 0.6) is 5.75 Å². The van der Waals surface area contributed by atoms with E-state index in [1.807, 2.05) is 67.2 Å². The summed E-state index contributed by atoms with van der Waals surface area (Å²) in [5.74, 6) is 1.48. The number of benzene rings is 1. The Kier molecular flexibility index (Phi) is 5.76. The molecule has 0 unspecified atom stereocenters. The van der Waals surface area contributed by atoms with Gasteiger partial charge in [-0.05, 0) is 49.9 Å². The lowest BCUT2D eigenvalue weighted by Crippen LogP contribution is -2.39. The standard InChI is InChI=1S/C21H27N3O2/c1-16-13-20(7-10-22-16)26-15-17-8-11-24(12-9-17)21(25)18-5-4-6-19(14-18)23(2)3/h4-7,10,13-14,17H,8-9,11-12,15H2,1-3H3. The molecule has 1 aliphatic rings. The Morgan fingerprint density at radius 1 is 1.23 bits per heavy atom. The Hall–Kier alpha value is -2.56. The van der Waals surface area contributed by atoms with Gasteiger partial charge in [-0.25, -0.2) is 0 Å². The second-order valence-corrected chi connectivity index (χ2v) is 7.12. The number of aromatic nitrogens is 1. The van der Waals surface area contributed by atoms with Crippen molar-refractivity contribution in [3.63, 3.8) is 0 Å². The maximum atomic E-state index is 12.8. The smallest absolute Gasteiger partial charge is 0.253 e. The number of pyridine rings is 1. The van der Waals surface area contributed by atoms with Gasteiger partial charge in [-0.1, -0.05) is 6.07 Å². The van der Waals surface area contributed by atoms with Crippen LogP contribution in [0.1, 0.15) is 28.9 Å². The van der Waals surface area contributed by atoms with E-state index >= 15 is 0 Å². The fourth-order valence-electron chi connectivity index (χ4n) is 3.23. The minimum absolute atomic E-state index is 0.123. The molecule has 1 fully saturated rings. The summed E-state index contributed by atoms with van der Waals surface area (Å²) >= 11 is 0. The highest BCUT2D eigenvalue weighted by Crippen LogP contribution is 2.22. The van der Waals surface area contributed by atoms with E-state index in [0.717, 1.165) is 48.6 Å². The molecule has 0 spiro atoms. The average Bonchev–Trinajstić information content (AvgIpc) is 2.66.